The van der Waals surface area contributed by atoms with Gasteiger partial charge < -0.3 is 11.1 Å². The quantitative estimate of drug-likeness (QED) is 0.627. The molecule has 19 heavy (non-hydrogen) atoms. The molecule has 3 N–H and O–H groups in total. The Balaban J connectivity index is 2.11. The van der Waals surface area contributed by atoms with Crippen molar-refractivity contribution >= 4 is 17.3 Å². The van der Waals surface area contributed by atoms with Crippen LogP contribution >= 0.6 is 0 Å². The molecule has 8 heteroatoms. The van der Waals surface area contributed by atoms with E-state index in [1.165, 1.54) is 12.1 Å². The number of hydrogen-bond acceptors (Lipinski definition) is 7. The maximum atomic E-state index is 10.7. The highest BCUT2D eigenvalue weighted by atomic mass is 16.6. The van der Waals surface area contributed by atoms with Crippen molar-refractivity contribution < 1.29 is 4.92 Å². The second kappa shape index (κ2) is 5.25. The van der Waals surface area contributed by atoms with E-state index in [9.17, 15) is 10.1 Å². The molecule has 0 radical (unpaired) electrons. The number of anilines is 2. The van der Waals surface area contributed by atoms with Crippen LogP contribution in [0.2, 0.25) is 0 Å². The van der Waals surface area contributed by atoms with E-state index in [2.05, 4.69) is 20.3 Å². The molecule has 98 valence electrons. The van der Waals surface area contributed by atoms with E-state index >= 15 is 0 Å². The monoisotopic (exact) mass is 260 g/mol. The predicted octanol–water partition coefficient (Wildman–Crippen LogP) is 1.28. The Morgan fingerprint density at radius 2 is 2.16 bits per heavy atom. The first-order chi connectivity index (χ1) is 9.04. The molecular formula is C11H12N6O2. The minimum Gasteiger partial charge on any atom is -0.383 e. The van der Waals surface area contributed by atoms with Crippen LogP contribution in [0.4, 0.5) is 17.3 Å². The minimum absolute atomic E-state index is 0.0895. The van der Waals surface area contributed by atoms with Gasteiger partial charge in [-0.1, -0.05) is 0 Å². The van der Waals surface area contributed by atoms with Gasteiger partial charge in [-0.2, -0.15) is 0 Å². The first-order valence-electron chi connectivity index (χ1n) is 5.48. The molecule has 2 aromatic heterocycles. The largest absolute Gasteiger partial charge is 0.383 e. The molecule has 0 aliphatic rings. The molecule has 0 amide bonds. The van der Waals surface area contributed by atoms with Gasteiger partial charge >= 0.3 is 0 Å². The summed E-state index contributed by atoms with van der Waals surface area (Å²) in [5, 5.41) is 13.6. The van der Waals surface area contributed by atoms with Crippen LogP contribution in [0.25, 0.3) is 0 Å². The van der Waals surface area contributed by atoms with Crippen molar-refractivity contribution in [2.45, 2.75) is 13.5 Å². The lowest BCUT2D eigenvalue weighted by Crippen LogP contribution is -2.06. The van der Waals surface area contributed by atoms with Crippen molar-refractivity contribution in [2.24, 2.45) is 0 Å². The van der Waals surface area contributed by atoms with Crippen LogP contribution in [-0.2, 0) is 6.54 Å². The van der Waals surface area contributed by atoms with E-state index in [-0.39, 0.29) is 11.5 Å². The Labute approximate surface area is 108 Å². The lowest BCUT2D eigenvalue weighted by atomic mass is 10.3. The number of nitrogens with zero attached hydrogens (tertiary/aromatic N) is 4. The van der Waals surface area contributed by atoms with Crippen LogP contribution in [0.3, 0.4) is 0 Å². The zero-order valence-electron chi connectivity index (χ0n) is 10.2. The number of nitrogen functional groups attached to an aromatic ring is 1. The molecule has 0 aliphatic heterocycles. The van der Waals surface area contributed by atoms with Gasteiger partial charge in [0.25, 0.3) is 5.69 Å². The van der Waals surface area contributed by atoms with Gasteiger partial charge in [-0.05, 0) is 6.92 Å². The Bertz CT molecular complexity index is 599. The summed E-state index contributed by atoms with van der Waals surface area (Å²) in [4.78, 5) is 22.4. The maximum Gasteiger partial charge on any atom is 0.276 e. The van der Waals surface area contributed by atoms with Gasteiger partial charge in [0.15, 0.2) is 0 Å². The first-order valence-corrected chi connectivity index (χ1v) is 5.48. The van der Waals surface area contributed by atoms with E-state index in [1.807, 2.05) is 6.92 Å². The molecule has 0 aliphatic carbocycles. The van der Waals surface area contributed by atoms with Crippen molar-refractivity contribution in [1.82, 2.24) is 15.0 Å². The van der Waals surface area contributed by atoms with Crippen LogP contribution in [0.5, 0.6) is 0 Å². The lowest BCUT2D eigenvalue weighted by Gasteiger charge is -2.05. The molecule has 0 fully saturated rings. The Kier molecular flexibility index (Phi) is 3.51. The molecule has 0 bridgehead atoms. The van der Waals surface area contributed by atoms with Crippen LogP contribution in [0.15, 0.2) is 24.5 Å². The average Bonchev–Trinajstić information content (AvgIpc) is 2.37. The zero-order chi connectivity index (χ0) is 13.8. The first kappa shape index (κ1) is 12.7. The second-order valence-corrected chi connectivity index (χ2v) is 3.90. The second-order valence-electron chi connectivity index (χ2n) is 3.90. The predicted molar refractivity (Wildman–Crippen MR) is 69.4 cm³/mol. The standard InChI is InChI=1S/C11H12N6O2/c1-7-4-14-8(5-13-7)6-15-11-3-9(17(18)19)2-10(12)16-11/h2-5H,6H2,1H3,(H3,12,15,16). The van der Waals surface area contributed by atoms with Gasteiger partial charge in [-0.3, -0.25) is 20.1 Å². The fraction of sp³-hybridized carbons (Fsp3) is 0.182. The number of nitrogens with two attached hydrogens (primary N) is 1. The average molecular weight is 260 g/mol. The molecule has 0 unspecified atom stereocenters. The molecule has 2 aromatic rings. The highest BCUT2D eigenvalue weighted by Crippen LogP contribution is 2.18. The van der Waals surface area contributed by atoms with Crippen LogP contribution in [0.1, 0.15) is 11.4 Å². The maximum absolute atomic E-state index is 10.7. The number of nitro groups is 1. The molecule has 8 nitrogen and oxygen atoms in total. The highest BCUT2D eigenvalue weighted by molar-refractivity contribution is 5.52. The van der Waals surface area contributed by atoms with E-state index in [1.54, 1.807) is 12.4 Å². The number of aromatic nitrogens is 3. The Hall–Kier alpha value is -2.77. The van der Waals surface area contributed by atoms with Gasteiger partial charge in [0.05, 0.1) is 41.2 Å². The lowest BCUT2D eigenvalue weighted by molar-refractivity contribution is -0.384. The number of hydrogen-bond donors (Lipinski definition) is 2. The number of nitrogens with one attached hydrogen (secondary N) is 1. The van der Waals surface area contributed by atoms with Gasteiger partial charge in [0, 0.05) is 6.20 Å². The summed E-state index contributed by atoms with van der Waals surface area (Å²) in [7, 11) is 0. The normalized spacial score (nSPS) is 10.2. The van der Waals surface area contributed by atoms with Crippen LogP contribution < -0.4 is 11.1 Å². The SMILES string of the molecule is Cc1cnc(CNc2cc([N+](=O)[O-])cc(N)n2)cn1. The third-order valence-corrected chi connectivity index (χ3v) is 2.33. The molecular weight excluding hydrogens is 248 g/mol. The van der Waals surface area contributed by atoms with Crippen LogP contribution in [-0.4, -0.2) is 19.9 Å². The van der Waals surface area contributed by atoms with Gasteiger partial charge in [-0.25, -0.2) is 4.98 Å². The van der Waals surface area contributed by atoms with Gasteiger partial charge in [-0.15, -0.1) is 0 Å². The summed E-state index contributed by atoms with van der Waals surface area (Å²) >= 11 is 0. The van der Waals surface area contributed by atoms with Gasteiger partial charge in [0.1, 0.15) is 11.6 Å². The fourth-order valence-electron chi connectivity index (χ4n) is 1.42. The summed E-state index contributed by atoms with van der Waals surface area (Å²) in [6, 6.07) is 2.52. The third kappa shape index (κ3) is 3.35. The number of aryl methyl sites for hydroxylation is 1. The Morgan fingerprint density at radius 1 is 1.37 bits per heavy atom. The smallest absolute Gasteiger partial charge is 0.276 e. The fourth-order valence-corrected chi connectivity index (χ4v) is 1.42. The van der Waals surface area contributed by atoms with Crippen molar-refractivity contribution in [2.75, 3.05) is 11.1 Å². The van der Waals surface area contributed by atoms with E-state index in [0.29, 0.717) is 18.1 Å². The van der Waals surface area contributed by atoms with E-state index < -0.39 is 4.92 Å². The summed E-state index contributed by atoms with van der Waals surface area (Å²) in [5.74, 6) is 0.417. The molecule has 2 rings (SSSR count). The molecule has 0 atom stereocenters. The van der Waals surface area contributed by atoms with Crippen molar-refractivity contribution in [1.29, 1.82) is 0 Å². The summed E-state index contributed by atoms with van der Waals surface area (Å²) < 4.78 is 0. The molecule has 0 saturated carbocycles. The van der Waals surface area contributed by atoms with Crippen molar-refractivity contribution in [3.63, 3.8) is 0 Å². The highest BCUT2D eigenvalue weighted by Gasteiger charge is 2.09. The summed E-state index contributed by atoms with van der Waals surface area (Å²) in [5.41, 5.74) is 6.92. The van der Waals surface area contributed by atoms with E-state index in [0.717, 1.165) is 5.69 Å². The molecule has 0 saturated heterocycles. The topological polar surface area (TPSA) is 120 Å². The number of pyridine rings is 1. The van der Waals surface area contributed by atoms with Crippen molar-refractivity contribution in [3.8, 4) is 0 Å². The zero-order valence-corrected chi connectivity index (χ0v) is 10.2. The van der Waals surface area contributed by atoms with E-state index in [4.69, 9.17) is 5.73 Å². The summed E-state index contributed by atoms with van der Waals surface area (Å²) in [6.07, 6.45) is 3.27. The molecule has 2 heterocycles. The molecule has 0 spiro atoms. The van der Waals surface area contributed by atoms with Crippen LogP contribution in [0, 0.1) is 17.0 Å². The van der Waals surface area contributed by atoms with Crippen molar-refractivity contribution in [3.05, 3.63) is 46.0 Å². The molecule has 0 aromatic carbocycles. The Morgan fingerprint density at radius 3 is 2.79 bits per heavy atom. The number of rotatable bonds is 4. The summed E-state index contributed by atoms with van der Waals surface area (Å²) in [6.45, 7) is 2.20. The third-order valence-electron chi connectivity index (χ3n) is 2.33. The van der Waals surface area contributed by atoms with Gasteiger partial charge in [0.2, 0.25) is 0 Å². The minimum atomic E-state index is -0.519.